The fraction of sp³-hybridized carbons (Fsp3) is 0.300. The van der Waals surface area contributed by atoms with Crippen LogP contribution in [-0.4, -0.2) is 26.1 Å². The highest BCUT2D eigenvalue weighted by atomic mass is 79.9. The minimum absolute atomic E-state index is 0.0716. The first-order valence-corrected chi connectivity index (χ1v) is 8.25. The van der Waals surface area contributed by atoms with E-state index in [-0.39, 0.29) is 18.9 Å². The third-order valence-corrected chi connectivity index (χ3v) is 5.16. The van der Waals surface area contributed by atoms with Gasteiger partial charge in [0.15, 0.2) is 0 Å². The van der Waals surface area contributed by atoms with Crippen molar-refractivity contribution in [3.05, 3.63) is 27.1 Å². The van der Waals surface area contributed by atoms with Crippen LogP contribution in [0, 0.1) is 0 Å². The lowest BCUT2D eigenvalue weighted by Crippen LogP contribution is -2.32. The van der Waals surface area contributed by atoms with Gasteiger partial charge >= 0.3 is 0 Å². The highest BCUT2D eigenvalue weighted by Gasteiger charge is 2.37. The molecule has 1 heterocycles. The summed E-state index contributed by atoms with van der Waals surface area (Å²) in [5.41, 5.74) is 0.639. The minimum atomic E-state index is -3.69. The first-order valence-electron chi connectivity index (χ1n) is 5.06. The Morgan fingerprint density at radius 2 is 2.00 bits per heavy atom. The molecule has 2 rings (SSSR count). The maximum absolute atomic E-state index is 11.9. The van der Waals surface area contributed by atoms with Gasteiger partial charge in [0.25, 0.3) is 0 Å². The first-order chi connectivity index (χ1) is 8.29. The summed E-state index contributed by atoms with van der Waals surface area (Å²) in [6, 6.07) is 5.37. The number of carbonyl (C=O) groups excluding carboxylic acids is 1. The number of primary sulfonamides is 1. The Kier molecular flexibility index (Phi) is 3.82. The molecule has 18 heavy (non-hydrogen) atoms. The zero-order valence-electron chi connectivity index (χ0n) is 9.14. The van der Waals surface area contributed by atoms with Gasteiger partial charge in [-0.3, -0.25) is 4.79 Å². The van der Waals surface area contributed by atoms with Gasteiger partial charge in [0.05, 0.1) is 5.69 Å². The summed E-state index contributed by atoms with van der Waals surface area (Å²) in [7, 11) is -3.69. The predicted molar refractivity (Wildman–Crippen MR) is 75.7 cm³/mol. The van der Waals surface area contributed by atoms with Gasteiger partial charge in [-0.1, -0.05) is 15.9 Å². The van der Waals surface area contributed by atoms with Gasteiger partial charge in [0, 0.05) is 21.9 Å². The molecule has 98 valence electrons. The number of hydrogen-bond acceptors (Lipinski definition) is 3. The maximum atomic E-state index is 11.9. The standard InChI is InChI=1S/C10H10Br2N2O3S/c11-6-1-2-8(12)9(3-6)14-5-7(4-10(14)15)18(13,16)17/h1-3,7H,4-5H2,(H2,13,16,17). The molecule has 1 aromatic carbocycles. The van der Waals surface area contributed by atoms with Gasteiger partial charge in [-0.25, -0.2) is 13.6 Å². The second-order valence-electron chi connectivity index (χ2n) is 4.02. The third kappa shape index (κ3) is 2.76. The summed E-state index contributed by atoms with van der Waals surface area (Å²) >= 11 is 6.66. The van der Waals surface area contributed by atoms with E-state index in [4.69, 9.17) is 5.14 Å². The SMILES string of the molecule is NS(=O)(=O)C1CC(=O)N(c2cc(Br)ccc2Br)C1. The van der Waals surface area contributed by atoms with E-state index in [1.54, 1.807) is 12.1 Å². The lowest BCUT2D eigenvalue weighted by molar-refractivity contribution is -0.117. The number of carbonyl (C=O) groups is 1. The van der Waals surface area contributed by atoms with E-state index < -0.39 is 15.3 Å². The molecule has 0 radical (unpaired) electrons. The fourth-order valence-corrected chi connectivity index (χ4v) is 3.36. The molecule has 2 N–H and O–H groups in total. The van der Waals surface area contributed by atoms with Crippen LogP contribution in [0.2, 0.25) is 0 Å². The smallest absolute Gasteiger partial charge is 0.228 e. The number of nitrogens with zero attached hydrogens (tertiary/aromatic N) is 1. The molecule has 0 spiro atoms. The molecule has 0 bridgehead atoms. The van der Waals surface area contributed by atoms with Crippen LogP contribution in [0.3, 0.4) is 0 Å². The van der Waals surface area contributed by atoms with E-state index in [2.05, 4.69) is 31.9 Å². The highest BCUT2D eigenvalue weighted by Crippen LogP contribution is 2.33. The zero-order valence-corrected chi connectivity index (χ0v) is 13.1. The van der Waals surface area contributed by atoms with Crippen LogP contribution >= 0.6 is 31.9 Å². The van der Waals surface area contributed by atoms with Crippen molar-refractivity contribution in [3.8, 4) is 0 Å². The highest BCUT2D eigenvalue weighted by molar-refractivity contribution is 9.11. The molecule has 1 amide bonds. The van der Waals surface area contributed by atoms with Crippen LogP contribution < -0.4 is 10.0 Å². The van der Waals surface area contributed by atoms with E-state index in [0.717, 1.165) is 8.95 Å². The molecule has 1 fully saturated rings. The maximum Gasteiger partial charge on any atom is 0.228 e. The van der Waals surface area contributed by atoms with Gasteiger partial charge in [0.2, 0.25) is 15.9 Å². The Morgan fingerprint density at radius 3 is 2.56 bits per heavy atom. The molecule has 1 atom stereocenters. The summed E-state index contributed by atoms with van der Waals surface area (Å²) < 4.78 is 24.1. The van der Waals surface area contributed by atoms with Crippen LogP contribution in [0.1, 0.15) is 6.42 Å². The number of rotatable bonds is 2. The molecule has 8 heteroatoms. The topological polar surface area (TPSA) is 80.5 Å². The number of anilines is 1. The van der Waals surface area contributed by atoms with Crippen molar-refractivity contribution in [1.82, 2.24) is 0 Å². The molecule has 1 aliphatic heterocycles. The molecule has 1 aliphatic rings. The van der Waals surface area contributed by atoms with Crippen molar-refractivity contribution in [3.63, 3.8) is 0 Å². The Balaban J connectivity index is 2.35. The summed E-state index contributed by atoms with van der Waals surface area (Å²) in [6.45, 7) is 0.0900. The number of hydrogen-bond donors (Lipinski definition) is 1. The molecule has 1 saturated heterocycles. The number of benzene rings is 1. The van der Waals surface area contributed by atoms with E-state index in [0.29, 0.717) is 5.69 Å². The van der Waals surface area contributed by atoms with Gasteiger partial charge in [-0.15, -0.1) is 0 Å². The van der Waals surface area contributed by atoms with E-state index in [1.807, 2.05) is 6.07 Å². The minimum Gasteiger partial charge on any atom is -0.310 e. The van der Waals surface area contributed by atoms with Crippen LogP contribution in [-0.2, 0) is 14.8 Å². The zero-order chi connectivity index (χ0) is 13.5. The van der Waals surface area contributed by atoms with Crippen LogP contribution in [0.15, 0.2) is 27.1 Å². The van der Waals surface area contributed by atoms with E-state index in [1.165, 1.54) is 4.90 Å². The largest absolute Gasteiger partial charge is 0.310 e. The van der Waals surface area contributed by atoms with E-state index >= 15 is 0 Å². The normalized spacial score (nSPS) is 20.5. The van der Waals surface area contributed by atoms with Crippen molar-refractivity contribution in [2.75, 3.05) is 11.4 Å². The van der Waals surface area contributed by atoms with Crippen LogP contribution in [0.5, 0.6) is 0 Å². The van der Waals surface area contributed by atoms with Crippen molar-refractivity contribution in [2.45, 2.75) is 11.7 Å². The Morgan fingerprint density at radius 1 is 1.33 bits per heavy atom. The summed E-state index contributed by atoms with van der Waals surface area (Å²) in [5.74, 6) is -0.243. The van der Waals surface area contributed by atoms with Gasteiger partial charge < -0.3 is 4.90 Å². The number of sulfonamides is 1. The van der Waals surface area contributed by atoms with Gasteiger partial charge in [-0.2, -0.15) is 0 Å². The number of amides is 1. The Bertz CT molecular complexity index is 603. The molecule has 5 nitrogen and oxygen atoms in total. The van der Waals surface area contributed by atoms with Crippen molar-refractivity contribution in [2.24, 2.45) is 5.14 Å². The molecule has 0 aliphatic carbocycles. The second kappa shape index (κ2) is 4.92. The Hall–Kier alpha value is -0.440. The summed E-state index contributed by atoms with van der Waals surface area (Å²) in [5, 5.41) is 4.25. The predicted octanol–water partition coefficient (Wildman–Crippen LogP) is 1.61. The van der Waals surface area contributed by atoms with Crippen LogP contribution in [0.4, 0.5) is 5.69 Å². The Labute approximate surface area is 122 Å². The second-order valence-corrected chi connectivity index (χ2v) is 7.63. The van der Waals surface area contributed by atoms with Crippen molar-refractivity contribution < 1.29 is 13.2 Å². The number of halogens is 2. The molecular formula is C10H10Br2N2O3S. The average Bonchev–Trinajstić information content (AvgIpc) is 2.64. The molecule has 1 aromatic rings. The monoisotopic (exact) mass is 396 g/mol. The molecular weight excluding hydrogens is 388 g/mol. The van der Waals surface area contributed by atoms with E-state index in [9.17, 15) is 13.2 Å². The van der Waals surface area contributed by atoms with Gasteiger partial charge in [0.1, 0.15) is 5.25 Å². The third-order valence-electron chi connectivity index (χ3n) is 2.75. The molecule has 0 saturated carbocycles. The molecule has 0 aromatic heterocycles. The first kappa shape index (κ1) is 14.0. The van der Waals surface area contributed by atoms with Gasteiger partial charge in [-0.05, 0) is 34.1 Å². The van der Waals surface area contributed by atoms with Crippen LogP contribution in [0.25, 0.3) is 0 Å². The fourth-order valence-electron chi connectivity index (χ4n) is 1.82. The summed E-state index contributed by atoms with van der Waals surface area (Å²) in [6.07, 6.45) is -0.0716. The average molecular weight is 398 g/mol. The molecule has 1 unspecified atom stereocenters. The van der Waals surface area contributed by atoms with Crippen molar-refractivity contribution in [1.29, 1.82) is 0 Å². The quantitative estimate of drug-likeness (QED) is 0.822. The van der Waals surface area contributed by atoms with Crippen molar-refractivity contribution >= 4 is 53.5 Å². The lowest BCUT2D eigenvalue weighted by atomic mass is 10.3. The summed E-state index contributed by atoms with van der Waals surface area (Å²) in [4.78, 5) is 13.3. The number of nitrogens with two attached hydrogens (primary N) is 1. The lowest BCUT2D eigenvalue weighted by Gasteiger charge is -2.18.